The monoisotopic (exact) mass is 283 g/mol. The first-order valence-corrected chi connectivity index (χ1v) is 6.26. The number of carbonyl (C=O) groups is 1. The van der Waals surface area contributed by atoms with Gasteiger partial charge in [0, 0.05) is 6.07 Å². The summed E-state index contributed by atoms with van der Waals surface area (Å²) >= 11 is 0. The highest BCUT2D eigenvalue weighted by Crippen LogP contribution is 2.12. The molecule has 0 radical (unpaired) electrons. The van der Waals surface area contributed by atoms with Crippen molar-refractivity contribution >= 4 is 6.09 Å². The molecule has 0 heterocycles. The largest absolute Gasteiger partial charge is 0.444 e. The van der Waals surface area contributed by atoms with Crippen LogP contribution in [0.5, 0.6) is 0 Å². The average molecular weight is 283 g/mol. The molecule has 0 fully saturated rings. The number of halogens is 2. The van der Waals surface area contributed by atoms with Crippen LogP contribution in [0.15, 0.2) is 30.9 Å². The number of hydrogen-bond donors (Lipinski definition) is 1. The van der Waals surface area contributed by atoms with Crippen LogP contribution in [0.4, 0.5) is 13.6 Å². The van der Waals surface area contributed by atoms with Gasteiger partial charge in [-0.05, 0) is 44.9 Å². The molecule has 5 heteroatoms. The summed E-state index contributed by atoms with van der Waals surface area (Å²) in [5.74, 6) is -1.31. The number of ether oxygens (including phenoxy) is 1. The van der Waals surface area contributed by atoms with Crippen LogP contribution < -0.4 is 5.32 Å². The van der Waals surface area contributed by atoms with Crippen molar-refractivity contribution in [2.24, 2.45) is 0 Å². The van der Waals surface area contributed by atoms with Gasteiger partial charge in [-0.2, -0.15) is 0 Å². The minimum Gasteiger partial charge on any atom is -0.444 e. The molecule has 20 heavy (non-hydrogen) atoms. The summed E-state index contributed by atoms with van der Waals surface area (Å²) < 4.78 is 31.3. The Morgan fingerprint density at radius 3 is 2.35 bits per heavy atom. The highest BCUT2D eigenvalue weighted by molar-refractivity contribution is 5.68. The van der Waals surface area contributed by atoms with Gasteiger partial charge in [-0.1, -0.05) is 6.08 Å². The molecule has 0 spiro atoms. The maximum Gasteiger partial charge on any atom is 0.408 e. The van der Waals surface area contributed by atoms with E-state index in [1.807, 2.05) is 0 Å². The summed E-state index contributed by atoms with van der Waals surface area (Å²) in [7, 11) is 0. The van der Waals surface area contributed by atoms with Gasteiger partial charge >= 0.3 is 6.09 Å². The van der Waals surface area contributed by atoms with E-state index in [0.29, 0.717) is 5.56 Å². The summed E-state index contributed by atoms with van der Waals surface area (Å²) in [6.45, 7) is 8.84. The first kappa shape index (κ1) is 16.1. The molecule has 0 bridgehead atoms. The molecule has 1 rings (SSSR count). The van der Waals surface area contributed by atoms with Crippen LogP contribution >= 0.6 is 0 Å². The highest BCUT2D eigenvalue weighted by Gasteiger charge is 2.18. The van der Waals surface area contributed by atoms with Gasteiger partial charge in [0.1, 0.15) is 17.2 Å². The molecule has 0 saturated heterocycles. The van der Waals surface area contributed by atoms with Gasteiger partial charge in [-0.3, -0.25) is 0 Å². The zero-order chi connectivity index (χ0) is 15.3. The van der Waals surface area contributed by atoms with Crippen molar-refractivity contribution in [1.82, 2.24) is 5.32 Å². The van der Waals surface area contributed by atoms with Crippen molar-refractivity contribution < 1.29 is 18.3 Å². The zero-order valence-corrected chi connectivity index (χ0v) is 11.9. The fourth-order valence-electron chi connectivity index (χ4n) is 1.63. The second kappa shape index (κ2) is 6.50. The van der Waals surface area contributed by atoms with Gasteiger partial charge in [0.2, 0.25) is 0 Å². The number of hydrogen-bond acceptors (Lipinski definition) is 2. The SMILES string of the molecule is C=CC(Cc1cc(F)cc(F)c1)NC(=O)OC(C)(C)C. The molecule has 3 nitrogen and oxygen atoms in total. The Morgan fingerprint density at radius 1 is 1.35 bits per heavy atom. The van der Waals surface area contributed by atoms with Gasteiger partial charge in [-0.15, -0.1) is 6.58 Å². The lowest BCUT2D eigenvalue weighted by Crippen LogP contribution is -2.39. The molecule has 1 N–H and O–H groups in total. The highest BCUT2D eigenvalue weighted by atomic mass is 19.1. The Balaban J connectivity index is 2.68. The Kier molecular flexibility index (Phi) is 5.25. The lowest BCUT2D eigenvalue weighted by molar-refractivity contribution is 0.0514. The Hall–Kier alpha value is -1.91. The number of rotatable bonds is 4. The summed E-state index contributed by atoms with van der Waals surface area (Å²) in [6, 6.07) is 2.77. The zero-order valence-electron chi connectivity index (χ0n) is 11.9. The van der Waals surface area contributed by atoms with E-state index < -0.39 is 29.4 Å². The van der Waals surface area contributed by atoms with Gasteiger partial charge in [-0.25, -0.2) is 13.6 Å². The minimum atomic E-state index is -0.653. The minimum absolute atomic E-state index is 0.234. The first-order valence-electron chi connectivity index (χ1n) is 6.26. The summed E-state index contributed by atoms with van der Waals surface area (Å²) in [5.41, 5.74) is -0.177. The van der Waals surface area contributed by atoms with Crippen LogP contribution in [-0.2, 0) is 11.2 Å². The maximum atomic E-state index is 13.1. The van der Waals surface area contributed by atoms with E-state index in [-0.39, 0.29) is 6.42 Å². The summed E-state index contributed by atoms with van der Waals surface area (Å²) in [4.78, 5) is 11.6. The number of amides is 1. The predicted molar refractivity (Wildman–Crippen MR) is 73.4 cm³/mol. The van der Waals surface area contributed by atoms with E-state index in [4.69, 9.17) is 4.74 Å². The van der Waals surface area contributed by atoms with Gasteiger partial charge < -0.3 is 10.1 Å². The molecule has 1 atom stereocenters. The molecule has 0 saturated carbocycles. The van der Waals surface area contributed by atoms with Crippen molar-refractivity contribution in [3.05, 3.63) is 48.1 Å². The smallest absolute Gasteiger partial charge is 0.408 e. The molecule has 0 aliphatic carbocycles. The van der Waals surface area contributed by atoms with Crippen LogP contribution in [-0.4, -0.2) is 17.7 Å². The number of benzene rings is 1. The topological polar surface area (TPSA) is 38.3 Å². The Bertz CT molecular complexity index is 475. The van der Waals surface area contributed by atoms with Crippen molar-refractivity contribution in [3.63, 3.8) is 0 Å². The summed E-state index contributed by atoms with van der Waals surface area (Å²) in [6.07, 6.45) is 1.13. The van der Waals surface area contributed by atoms with E-state index >= 15 is 0 Å². The van der Waals surface area contributed by atoms with Crippen molar-refractivity contribution in [1.29, 1.82) is 0 Å². The van der Waals surface area contributed by atoms with E-state index in [9.17, 15) is 13.6 Å². The molecular weight excluding hydrogens is 264 g/mol. The van der Waals surface area contributed by atoms with Crippen LogP contribution in [0.2, 0.25) is 0 Å². The number of alkyl carbamates (subject to hydrolysis) is 1. The van der Waals surface area contributed by atoms with Crippen LogP contribution in [0.1, 0.15) is 26.3 Å². The summed E-state index contributed by atoms with van der Waals surface area (Å²) in [5, 5.41) is 2.59. The molecule has 1 unspecified atom stereocenters. The standard InChI is InChI=1S/C15H19F2NO2/c1-5-13(18-14(19)20-15(2,3)4)8-10-6-11(16)9-12(17)7-10/h5-7,9,13H,1,8H2,2-4H3,(H,18,19). The van der Waals surface area contributed by atoms with Crippen LogP contribution in [0.25, 0.3) is 0 Å². The van der Waals surface area contributed by atoms with E-state index in [1.54, 1.807) is 20.8 Å². The third-order valence-electron chi connectivity index (χ3n) is 2.36. The fraction of sp³-hybridized carbons (Fsp3) is 0.400. The second-order valence-corrected chi connectivity index (χ2v) is 5.47. The van der Waals surface area contributed by atoms with Gasteiger partial charge in [0.15, 0.2) is 0 Å². The third kappa shape index (κ3) is 5.82. The molecule has 1 aromatic carbocycles. The van der Waals surface area contributed by atoms with Crippen molar-refractivity contribution in [2.45, 2.75) is 38.8 Å². The molecule has 1 amide bonds. The lowest BCUT2D eigenvalue weighted by atomic mass is 10.1. The molecular formula is C15H19F2NO2. The number of nitrogens with one attached hydrogen (secondary N) is 1. The molecule has 0 aliphatic heterocycles. The average Bonchev–Trinajstić information content (AvgIpc) is 2.23. The lowest BCUT2D eigenvalue weighted by Gasteiger charge is -2.22. The Labute approximate surface area is 117 Å². The van der Waals surface area contributed by atoms with E-state index in [0.717, 1.165) is 6.07 Å². The third-order valence-corrected chi connectivity index (χ3v) is 2.36. The predicted octanol–water partition coefficient (Wildman–Crippen LogP) is 3.59. The molecule has 0 aromatic heterocycles. The first-order chi connectivity index (χ1) is 9.19. The number of carbonyl (C=O) groups excluding carboxylic acids is 1. The quantitative estimate of drug-likeness (QED) is 0.858. The van der Waals surface area contributed by atoms with Crippen LogP contribution in [0, 0.1) is 11.6 Å². The van der Waals surface area contributed by atoms with Crippen molar-refractivity contribution in [3.8, 4) is 0 Å². The fourth-order valence-corrected chi connectivity index (χ4v) is 1.63. The second-order valence-electron chi connectivity index (χ2n) is 5.47. The molecule has 0 aliphatic rings. The van der Waals surface area contributed by atoms with E-state index in [1.165, 1.54) is 18.2 Å². The van der Waals surface area contributed by atoms with Crippen LogP contribution in [0.3, 0.4) is 0 Å². The molecule has 110 valence electrons. The van der Waals surface area contributed by atoms with Crippen molar-refractivity contribution in [2.75, 3.05) is 0 Å². The molecule has 1 aromatic rings. The maximum absolute atomic E-state index is 13.1. The normalized spacial score (nSPS) is 12.7. The Morgan fingerprint density at radius 2 is 1.90 bits per heavy atom. The van der Waals surface area contributed by atoms with E-state index in [2.05, 4.69) is 11.9 Å². The van der Waals surface area contributed by atoms with Gasteiger partial charge in [0.05, 0.1) is 6.04 Å². The van der Waals surface area contributed by atoms with Gasteiger partial charge in [0.25, 0.3) is 0 Å².